The summed E-state index contributed by atoms with van der Waals surface area (Å²) in [7, 11) is 0. The number of fused-ring (bicyclic) bond motifs is 1. The van der Waals surface area contributed by atoms with Crippen molar-refractivity contribution in [3.8, 4) is 5.75 Å². The molecule has 0 spiro atoms. The van der Waals surface area contributed by atoms with Crippen molar-refractivity contribution in [2.24, 2.45) is 22.2 Å². The Morgan fingerprint density at radius 2 is 1.62 bits per heavy atom. The molecule has 1 aliphatic carbocycles. The second kappa shape index (κ2) is 6.24. The molecule has 0 amide bonds. The van der Waals surface area contributed by atoms with E-state index in [0.717, 1.165) is 25.7 Å². The van der Waals surface area contributed by atoms with Gasteiger partial charge in [-0.2, -0.15) is 0 Å². The summed E-state index contributed by atoms with van der Waals surface area (Å²) in [5.74, 6) is 1.01. The highest BCUT2D eigenvalue weighted by molar-refractivity contribution is 5.38. The van der Waals surface area contributed by atoms with Crippen molar-refractivity contribution in [1.82, 2.24) is 0 Å². The number of allylic oxidation sites excluding steroid dienone is 1. The minimum atomic E-state index is 0.127. The zero-order chi connectivity index (χ0) is 18.3. The second-order valence-electron chi connectivity index (χ2n) is 10.4. The predicted molar refractivity (Wildman–Crippen MR) is 104 cm³/mol. The van der Waals surface area contributed by atoms with Crippen LogP contribution >= 0.6 is 0 Å². The van der Waals surface area contributed by atoms with Crippen LogP contribution in [0, 0.1) is 22.2 Å². The summed E-state index contributed by atoms with van der Waals surface area (Å²) in [4.78, 5) is 0. The maximum absolute atomic E-state index is 9.71. The first-order chi connectivity index (χ1) is 10.8. The summed E-state index contributed by atoms with van der Waals surface area (Å²) in [6.45, 7) is 21.0. The molecule has 2 rings (SSSR count). The van der Waals surface area contributed by atoms with Crippen molar-refractivity contribution in [3.63, 3.8) is 0 Å². The molecule has 1 heteroatoms. The van der Waals surface area contributed by atoms with Crippen LogP contribution in [-0.2, 0) is 12.8 Å². The van der Waals surface area contributed by atoms with Crippen LogP contribution in [0.4, 0.5) is 0 Å². The average molecular weight is 329 g/mol. The van der Waals surface area contributed by atoms with E-state index in [1.807, 2.05) is 12.1 Å². The lowest BCUT2D eigenvalue weighted by Crippen LogP contribution is -2.38. The van der Waals surface area contributed by atoms with Crippen molar-refractivity contribution in [1.29, 1.82) is 0 Å². The molecule has 0 saturated heterocycles. The number of hydrogen-bond acceptors (Lipinski definition) is 1. The molecule has 24 heavy (non-hydrogen) atoms. The predicted octanol–water partition coefficient (Wildman–Crippen LogP) is 6.54. The van der Waals surface area contributed by atoms with Crippen LogP contribution in [0.15, 0.2) is 30.4 Å². The molecule has 1 aliphatic rings. The van der Waals surface area contributed by atoms with Crippen LogP contribution in [0.1, 0.15) is 72.4 Å². The first-order valence-electron chi connectivity index (χ1n) is 9.31. The van der Waals surface area contributed by atoms with Gasteiger partial charge in [-0.15, -0.1) is 0 Å². The molecule has 0 radical (unpaired) electrons. The normalized spacial score (nSPS) is 20.5. The summed E-state index contributed by atoms with van der Waals surface area (Å²) in [6, 6.07) is 5.84. The topological polar surface area (TPSA) is 20.2 Å². The Balaban J connectivity index is 2.15. The third-order valence-electron chi connectivity index (χ3n) is 6.06. The maximum atomic E-state index is 9.71. The second-order valence-corrected chi connectivity index (χ2v) is 10.4. The van der Waals surface area contributed by atoms with Gasteiger partial charge < -0.3 is 5.11 Å². The van der Waals surface area contributed by atoms with E-state index >= 15 is 0 Å². The molecular weight excluding hydrogens is 292 g/mol. The summed E-state index contributed by atoms with van der Waals surface area (Å²) in [6.07, 6.45) is 4.42. The van der Waals surface area contributed by atoms with Gasteiger partial charge in [-0.3, -0.25) is 0 Å². The number of benzene rings is 1. The van der Waals surface area contributed by atoms with E-state index < -0.39 is 0 Å². The third kappa shape index (κ3) is 4.05. The van der Waals surface area contributed by atoms with Gasteiger partial charge >= 0.3 is 0 Å². The standard InChI is InChI=1S/C23H36O/c1-16(23(8,22(5,6)7)15-21(2,3)4)11-17-12-18-9-10-20(24)14-19(18)13-17/h9-10,14,17,24H,1,11-13,15H2,2-8H3. The van der Waals surface area contributed by atoms with Crippen LogP contribution < -0.4 is 0 Å². The third-order valence-corrected chi connectivity index (χ3v) is 6.06. The van der Waals surface area contributed by atoms with Crippen LogP contribution in [0.3, 0.4) is 0 Å². The Bertz CT molecular complexity index is 612. The molecule has 2 unspecified atom stereocenters. The van der Waals surface area contributed by atoms with Gasteiger partial charge in [0.25, 0.3) is 0 Å². The molecule has 1 N–H and O–H groups in total. The number of hydrogen-bond donors (Lipinski definition) is 1. The molecular formula is C23H36O. The largest absolute Gasteiger partial charge is 0.508 e. The molecule has 0 saturated carbocycles. The fourth-order valence-electron chi connectivity index (χ4n) is 4.39. The van der Waals surface area contributed by atoms with E-state index in [2.05, 4.69) is 61.1 Å². The minimum absolute atomic E-state index is 0.127. The van der Waals surface area contributed by atoms with Gasteiger partial charge in [-0.05, 0) is 71.1 Å². The van der Waals surface area contributed by atoms with Gasteiger partial charge in [0.2, 0.25) is 0 Å². The van der Waals surface area contributed by atoms with Crippen LogP contribution in [-0.4, -0.2) is 5.11 Å². The lowest BCUT2D eigenvalue weighted by Gasteiger charge is -2.48. The highest BCUT2D eigenvalue weighted by atomic mass is 16.3. The Hall–Kier alpha value is -1.24. The van der Waals surface area contributed by atoms with Crippen LogP contribution in [0.2, 0.25) is 0 Å². The number of phenols is 1. The van der Waals surface area contributed by atoms with Crippen molar-refractivity contribution < 1.29 is 5.11 Å². The van der Waals surface area contributed by atoms with Crippen molar-refractivity contribution in [2.45, 2.75) is 74.1 Å². The summed E-state index contributed by atoms with van der Waals surface area (Å²) < 4.78 is 0. The first kappa shape index (κ1) is 19.1. The number of rotatable bonds is 4. The molecule has 1 aromatic rings. The van der Waals surface area contributed by atoms with Gasteiger partial charge in [0.1, 0.15) is 5.75 Å². The van der Waals surface area contributed by atoms with Crippen molar-refractivity contribution in [2.75, 3.05) is 0 Å². The van der Waals surface area contributed by atoms with Crippen LogP contribution in [0.25, 0.3) is 0 Å². The van der Waals surface area contributed by atoms with E-state index in [4.69, 9.17) is 0 Å². The highest BCUT2D eigenvalue weighted by Crippen LogP contribution is 2.53. The molecule has 134 valence electrons. The van der Waals surface area contributed by atoms with E-state index in [1.165, 1.54) is 16.7 Å². The lowest BCUT2D eigenvalue weighted by molar-refractivity contribution is 0.0866. The van der Waals surface area contributed by atoms with E-state index in [-0.39, 0.29) is 16.2 Å². The molecule has 2 atom stereocenters. The fraction of sp³-hybridized carbons (Fsp3) is 0.652. The number of aromatic hydroxyl groups is 1. The average Bonchev–Trinajstić information content (AvgIpc) is 2.76. The zero-order valence-corrected chi connectivity index (χ0v) is 16.8. The van der Waals surface area contributed by atoms with Crippen molar-refractivity contribution >= 4 is 0 Å². The Kier molecular flexibility index (Phi) is 4.97. The Morgan fingerprint density at radius 1 is 1.04 bits per heavy atom. The molecule has 0 aromatic heterocycles. The monoisotopic (exact) mass is 328 g/mol. The fourth-order valence-corrected chi connectivity index (χ4v) is 4.39. The number of phenolic OH excluding ortho intramolecular Hbond substituents is 1. The van der Waals surface area contributed by atoms with E-state index in [9.17, 15) is 5.11 Å². The zero-order valence-electron chi connectivity index (χ0n) is 16.8. The van der Waals surface area contributed by atoms with Gasteiger partial charge in [0.15, 0.2) is 0 Å². The minimum Gasteiger partial charge on any atom is -0.508 e. The summed E-state index contributed by atoms with van der Waals surface area (Å²) >= 11 is 0. The van der Waals surface area contributed by atoms with Gasteiger partial charge in [0.05, 0.1) is 0 Å². The van der Waals surface area contributed by atoms with E-state index in [1.54, 1.807) is 0 Å². The molecule has 1 aromatic carbocycles. The quantitative estimate of drug-likeness (QED) is 0.622. The van der Waals surface area contributed by atoms with Gasteiger partial charge in [-0.1, -0.05) is 66.7 Å². The van der Waals surface area contributed by atoms with Crippen LogP contribution in [0.5, 0.6) is 5.75 Å². The van der Waals surface area contributed by atoms with Crippen molar-refractivity contribution in [3.05, 3.63) is 41.5 Å². The van der Waals surface area contributed by atoms with E-state index in [0.29, 0.717) is 11.7 Å². The smallest absolute Gasteiger partial charge is 0.115 e. The SMILES string of the molecule is C=C(CC1Cc2ccc(O)cc2C1)C(C)(CC(C)(C)C)C(C)(C)C. The Labute approximate surface area is 149 Å². The highest BCUT2D eigenvalue weighted by Gasteiger charge is 2.43. The molecule has 0 fully saturated rings. The molecule has 0 heterocycles. The lowest BCUT2D eigenvalue weighted by atomic mass is 9.57. The Morgan fingerprint density at radius 3 is 2.17 bits per heavy atom. The molecule has 1 nitrogen and oxygen atoms in total. The van der Waals surface area contributed by atoms with Gasteiger partial charge in [-0.25, -0.2) is 0 Å². The molecule has 0 aliphatic heterocycles. The first-order valence-corrected chi connectivity index (χ1v) is 9.31. The van der Waals surface area contributed by atoms with Gasteiger partial charge in [0, 0.05) is 0 Å². The summed E-state index contributed by atoms with van der Waals surface area (Å²) in [5, 5.41) is 9.71. The summed E-state index contributed by atoms with van der Waals surface area (Å²) in [5.41, 5.74) is 4.73. The molecule has 0 bridgehead atoms. The maximum Gasteiger partial charge on any atom is 0.115 e.